The molecule has 0 atom stereocenters. The van der Waals surface area contributed by atoms with E-state index in [9.17, 15) is 4.79 Å². The third-order valence-electron chi connectivity index (χ3n) is 2.36. The first-order valence-corrected chi connectivity index (χ1v) is 5.58. The summed E-state index contributed by atoms with van der Waals surface area (Å²) in [6, 6.07) is 7.49. The van der Waals surface area contributed by atoms with Gasteiger partial charge in [-0.25, -0.2) is 4.98 Å². The summed E-state index contributed by atoms with van der Waals surface area (Å²) in [6.07, 6.45) is 4.45. The lowest BCUT2D eigenvalue weighted by atomic mass is 10.1. The van der Waals surface area contributed by atoms with Gasteiger partial charge >= 0.3 is 0 Å². The smallest absolute Gasteiger partial charge is 0.224 e. The fourth-order valence-corrected chi connectivity index (χ4v) is 1.53. The lowest BCUT2D eigenvalue weighted by molar-refractivity contribution is -0.116. The molecule has 0 bridgehead atoms. The molecule has 17 heavy (non-hydrogen) atoms. The molecule has 1 aromatic carbocycles. The molecule has 0 saturated heterocycles. The maximum absolute atomic E-state index is 11.4. The number of anilines is 1. The van der Waals surface area contributed by atoms with Crippen LogP contribution < -0.4 is 5.32 Å². The second-order valence-corrected chi connectivity index (χ2v) is 3.74. The standard InChI is InChI=1S/C13H14N2O2/c1-2-3-13(16)15-11-6-4-10(5-7-11)12-8-14-9-17-12/h4-9H,2-3H2,1H3,(H,15,16). The first kappa shape index (κ1) is 11.4. The number of hydrogen-bond acceptors (Lipinski definition) is 3. The summed E-state index contributed by atoms with van der Waals surface area (Å²) in [5.41, 5.74) is 1.74. The largest absolute Gasteiger partial charge is 0.444 e. The van der Waals surface area contributed by atoms with Gasteiger partial charge in [0.05, 0.1) is 6.20 Å². The molecule has 0 spiro atoms. The van der Waals surface area contributed by atoms with Crippen LogP contribution in [0, 0.1) is 0 Å². The lowest BCUT2D eigenvalue weighted by Crippen LogP contribution is -2.10. The molecule has 1 heterocycles. The van der Waals surface area contributed by atoms with E-state index in [-0.39, 0.29) is 5.91 Å². The Morgan fingerprint density at radius 2 is 2.12 bits per heavy atom. The number of aromatic nitrogens is 1. The molecule has 2 aromatic rings. The quantitative estimate of drug-likeness (QED) is 0.878. The second-order valence-electron chi connectivity index (χ2n) is 3.74. The maximum Gasteiger partial charge on any atom is 0.224 e. The van der Waals surface area contributed by atoms with Crippen molar-refractivity contribution < 1.29 is 9.21 Å². The Balaban J connectivity index is 2.06. The fraction of sp³-hybridized carbons (Fsp3) is 0.231. The van der Waals surface area contributed by atoms with Crippen LogP contribution in [0.15, 0.2) is 41.3 Å². The van der Waals surface area contributed by atoms with E-state index in [0.717, 1.165) is 23.4 Å². The minimum absolute atomic E-state index is 0.0416. The van der Waals surface area contributed by atoms with Crippen molar-refractivity contribution in [2.75, 3.05) is 5.32 Å². The molecule has 1 aromatic heterocycles. The monoisotopic (exact) mass is 230 g/mol. The van der Waals surface area contributed by atoms with E-state index in [1.165, 1.54) is 6.39 Å². The minimum atomic E-state index is 0.0416. The third kappa shape index (κ3) is 2.93. The number of nitrogens with zero attached hydrogens (tertiary/aromatic N) is 1. The molecular weight excluding hydrogens is 216 g/mol. The van der Waals surface area contributed by atoms with Crippen LogP contribution >= 0.6 is 0 Å². The van der Waals surface area contributed by atoms with Gasteiger partial charge in [-0.15, -0.1) is 0 Å². The molecule has 0 aliphatic heterocycles. The highest BCUT2D eigenvalue weighted by atomic mass is 16.3. The van der Waals surface area contributed by atoms with E-state index < -0.39 is 0 Å². The van der Waals surface area contributed by atoms with E-state index in [0.29, 0.717) is 6.42 Å². The summed E-state index contributed by atoms with van der Waals surface area (Å²) in [7, 11) is 0. The zero-order valence-electron chi connectivity index (χ0n) is 9.64. The Morgan fingerprint density at radius 1 is 1.35 bits per heavy atom. The van der Waals surface area contributed by atoms with E-state index in [4.69, 9.17) is 4.42 Å². The normalized spacial score (nSPS) is 10.2. The molecule has 4 nitrogen and oxygen atoms in total. The first-order valence-electron chi connectivity index (χ1n) is 5.58. The minimum Gasteiger partial charge on any atom is -0.444 e. The van der Waals surface area contributed by atoms with Gasteiger partial charge in [-0.1, -0.05) is 6.92 Å². The maximum atomic E-state index is 11.4. The zero-order valence-corrected chi connectivity index (χ0v) is 9.64. The van der Waals surface area contributed by atoms with Crippen molar-refractivity contribution in [3.63, 3.8) is 0 Å². The number of carbonyl (C=O) groups excluding carboxylic acids is 1. The van der Waals surface area contributed by atoms with Crippen LogP contribution in [0.4, 0.5) is 5.69 Å². The number of nitrogens with one attached hydrogen (secondary N) is 1. The summed E-state index contributed by atoms with van der Waals surface area (Å²) < 4.78 is 5.18. The van der Waals surface area contributed by atoms with Crippen LogP contribution in [-0.4, -0.2) is 10.9 Å². The van der Waals surface area contributed by atoms with Crippen molar-refractivity contribution in [1.82, 2.24) is 4.98 Å². The average Bonchev–Trinajstić information content (AvgIpc) is 2.84. The Morgan fingerprint density at radius 3 is 2.71 bits per heavy atom. The topological polar surface area (TPSA) is 55.1 Å². The second kappa shape index (κ2) is 5.30. The van der Waals surface area contributed by atoms with Crippen molar-refractivity contribution >= 4 is 11.6 Å². The van der Waals surface area contributed by atoms with Gasteiger partial charge in [0.15, 0.2) is 12.2 Å². The summed E-state index contributed by atoms with van der Waals surface area (Å²) in [5, 5.41) is 2.83. The first-order chi connectivity index (χ1) is 8.29. The Labute approximate surface area is 99.7 Å². The Hall–Kier alpha value is -2.10. The van der Waals surface area contributed by atoms with Gasteiger partial charge in [0.2, 0.25) is 5.91 Å². The van der Waals surface area contributed by atoms with Crippen LogP contribution in [0.3, 0.4) is 0 Å². The van der Waals surface area contributed by atoms with Gasteiger partial charge in [0.1, 0.15) is 0 Å². The van der Waals surface area contributed by atoms with Gasteiger partial charge in [0, 0.05) is 17.7 Å². The van der Waals surface area contributed by atoms with Crippen molar-refractivity contribution in [3.8, 4) is 11.3 Å². The molecule has 4 heteroatoms. The number of carbonyl (C=O) groups is 1. The highest BCUT2D eigenvalue weighted by Gasteiger charge is 2.03. The SMILES string of the molecule is CCCC(=O)Nc1ccc(-c2cnco2)cc1. The van der Waals surface area contributed by atoms with Gasteiger partial charge in [0.25, 0.3) is 0 Å². The van der Waals surface area contributed by atoms with Crippen LogP contribution in [0.25, 0.3) is 11.3 Å². The van der Waals surface area contributed by atoms with Gasteiger partial charge in [-0.2, -0.15) is 0 Å². The predicted octanol–water partition coefficient (Wildman–Crippen LogP) is 3.08. The summed E-state index contributed by atoms with van der Waals surface area (Å²) in [6.45, 7) is 1.98. The summed E-state index contributed by atoms with van der Waals surface area (Å²) in [4.78, 5) is 15.2. The van der Waals surface area contributed by atoms with Crippen LogP contribution in [-0.2, 0) is 4.79 Å². The van der Waals surface area contributed by atoms with E-state index in [1.807, 2.05) is 31.2 Å². The molecule has 0 aliphatic carbocycles. The molecule has 0 aliphatic rings. The Bertz CT molecular complexity index is 475. The molecule has 0 radical (unpaired) electrons. The number of benzene rings is 1. The number of amides is 1. The molecule has 2 rings (SSSR count). The molecule has 0 fully saturated rings. The van der Waals surface area contributed by atoms with Crippen molar-refractivity contribution in [3.05, 3.63) is 36.9 Å². The van der Waals surface area contributed by atoms with E-state index in [1.54, 1.807) is 6.20 Å². The summed E-state index contributed by atoms with van der Waals surface area (Å²) in [5.74, 6) is 0.761. The molecule has 1 N–H and O–H groups in total. The molecular formula is C13H14N2O2. The highest BCUT2D eigenvalue weighted by Crippen LogP contribution is 2.20. The van der Waals surface area contributed by atoms with Crippen molar-refractivity contribution in [2.24, 2.45) is 0 Å². The van der Waals surface area contributed by atoms with E-state index >= 15 is 0 Å². The van der Waals surface area contributed by atoms with E-state index in [2.05, 4.69) is 10.3 Å². The van der Waals surface area contributed by atoms with Gasteiger partial charge in [-0.3, -0.25) is 4.79 Å². The third-order valence-corrected chi connectivity index (χ3v) is 2.36. The Kier molecular flexibility index (Phi) is 3.55. The molecule has 88 valence electrons. The van der Waals surface area contributed by atoms with Crippen LogP contribution in [0.5, 0.6) is 0 Å². The molecule has 0 saturated carbocycles. The van der Waals surface area contributed by atoms with Gasteiger partial charge in [-0.05, 0) is 30.7 Å². The number of oxazole rings is 1. The van der Waals surface area contributed by atoms with Crippen molar-refractivity contribution in [2.45, 2.75) is 19.8 Å². The van der Waals surface area contributed by atoms with Crippen LogP contribution in [0.1, 0.15) is 19.8 Å². The van der Waals surface area contributed by atoms with Crippen LogP contribution in [0.2, 0.25) is 0 Å². The van der Waals surface area contributed by atoms with Gasteiger partial charge < -0.3 is 9.73 Å². The summed E-state index contributed by atoms with van der Waals surface area (Å²) >= 11 is 0. The zero-order chi connectivity index (χ0) is 12.1. The molecule has 0 unspecified atom stereocenters. The fourth-order valence-electron chi connectivity index (χ4n) is 1.53. The number of hydrogen-bond donors (Lipinski definition) is 1. The predicted molar refractivity (Wildman–Crippen MR) is 65.5 cm³/mol. The highest BCUT2D eigenvalue weighted by molar-refractivity contribution is 5.90. The number of rotatable bonds is 4. The molecule has 1 amide bonds. The van der Waals surface area contributed by atoms with Crippen molar-refractivity contribution in [1.29, 1.82) is 0 Å². The average molecular weight is 230 g/mol. The lowest BCUT2D eigenvalue weighted by Gasteiger charge is -2.04.